The highest BCUT2D eigenvalue weighted by molar-refractivity contribution is 7.09. The molecule has 2 saturated heterocycles. The smallest absolute Gasteiger partial charge is 0.276 e. The summed E-state index contributed by atoms with van der Waals surface area (Å²) in [6.45, 7) is 6.57. The van der Waals surface area contributed by atoms with Crippen molar-refractivity contribution in [2.45, 2.75) is 51.9 Å². The van der Waals surface area contributed by atoms with Crippen LogP contribution in [0.2, 0.25) is 0 Å². The van der Waals surface area contributed by atoms with Gasteiger partial charge in [-0.05, 0) is 57.4 Å². The van der Waals surface area contributed by atoms with E-state index in [0.717, 1.165) is 55.9 Å². The van der Waals surface area contributed by atoms with E-state index in [1.54, 1.807) is 15.9 Å². The molecule has 10 heteroatoms. The Morgan fingerprint density at radius 1 is 0.923 bits per heavy atom. The molecular formula is C29H33N7O2S. The monoisotopic (exact) mass is 543 g/mol. The first-order valence-corrected chi connectivity index (χ1v) is 14.6. The third-order valence-corrected chi connectivity index (χ3v) is 9.08. The molecule has 3 aromatic heterocycles. The van der Waals surface area contributed by atoms with Crippen molar-refractivity contribution in [1.82, 2.24) is 34.6 Å². The second-order valence-corrected chi connectivity index (χ2v) is 11.6. The maximum Gasteiger partial charge on any atom is 0.276 e. The number of nitrogens with zero attached hydrogens (tertiary/aromatic N) is 7. The minimum atomic E-state index is -0.112. The molecule has 0 aliphatic carbocycles. The van der Waals surface area contributed by atoms with Gasteiger partial charge in [0.25, 0.3) is 11.8 Å². The number of likely N-dealkylation sites (tertiary alicyclic amines) is 2. The van der Waals surface area contributed by atoms with Crippen LogP contribution in [0.3, 0.4) is 0 Å². The quantitative estimate of drug-likeness (QED) is 0.372. The van der Waals surface area contributed by atoms with E-state index in [0.29, 0.717) is 41.7 Å². The van der Waals surface area contributed by atoms with Gasteiger partial charge in [0, 0.05) is 43.5 Å². The molecule has 202 valence electrons. The van der Waals surface area contributed by atoms with E-state index in [9.17, 15) is 9.59 Å². The van der Waals surface area contributed by atoms with Crippen LogP contribution in [0.1, 0.15) is 74.5 Å². The lowest BCUT2D eigenvalue weighted by Gasteiger charge is -2.32. The standard InChI is InChI=1S/C29H33N7O2S/c1-19-16-25-31-32-26(20(2)36(25)33-19)29(38)35-14-10-23(11-15-35)27-30-24(18-39-27)28(37)34-12-8-22(9-13-34)17-21-6-4-3-5-7-21/h3-7,16,18,22-23H,8-15,17H2,1-2H3. The van der Waals surface area contributed by atoms with Gasteiger partial charge in [-0.25, -0.2) is 9.50 Å². The van der Waals surface area contributed by atoms with Crippen LogP contribution in [-0.2, 0) is 6.42 Å². The number of hydrogen-bond donors (Lipinski definition) is 0. The van der Waals surface area contributed by atoms with Crippen LogP contribution in [0.5, 0.6) is 0 Å². The first-order valence-electron chi connectivity index (χ1n) is 13.7. The first kappa shape index (κ1) is 25.6. The molecule has 4 aromatic rings. The van der Waals surface area contributed by atoms with Crippen molar-refractivity contribution in [3.05, 3.63) is 75.1 Å². The Labute approximate surface area is 231 Å². The van der Waals surface area contributed by atoms with Crippen molar-refractivity contribution >= 4 is 28.8 Å². The number of hydrogen-bond acceptors (Lipinski definition) is 7. The zero-order valence-electron chi connectivity index (χ0n) is 22.4. The molecule has 2 aliphatic heterocycles. The summed E-state index contributed by atoms with van der Waals surface area (Å²) in [4.78, 5) is 35.0. The van der Waals surface area contributed by atoms with Crippen LogP contribution in [0.25, 0.3) is 5.65 Å². The largest absolute Gasteiger partial charge is 0.337 e. The summed E-state index contributed by atoms with van der Waals surface area (Å²) in [7, 11) is 0. The van der Waals surface area contributed by atoms with Crippen molar-refractivity contribution in [2.75, 3.05) is 26.2 Å². The van der Waals surface area contributed by atoms with Gasteiger partial charge >= 0.3 is 0 Å². The Balaban J connectivity index is 1.03. The number of fused-ring (bicyclic) bond motifs is 1. The van der Waals surface area contributed by atoms with E-state index in [4.69, 9.17) is 4.98 Å². The van der Waals surface area contributed by atoms with Crippen LogP contribution in [0.15, 0.2) is 41.8 Å². The van der Waals surface area contributed by atoms with Gasteiger partial charge in [-0.1, -0.05) is 30.3 Å². The molecule has 2 aliphatic rings. The molecule has 1 aromatic carbocycles. The Hall–Kier alpha value is -3.66. The summed E-state index contributed by atoms with van der Waals surface area (Å²) in [6.07, 6.45) is 4.76. The van der Waals surface area contributed by atoms with E-state index < -0.39 is 0 Å². The highest BCUT2D eigenvalue weighted by Gasteiger charge is 2.30. The van der Waals surface area contributed by atoms with Crippen LogP contribution < -0.4 is 0 Å². The molecule has 0 atom stereocenters. The SMILES string of the molecule is Cc1cc2nnc(C(=O)N3CCC(c4nc(C(=O)N5CCC(Cc6ccccc6)CC5)cs4)CC3)c(C)n2n1. The second kappa shape index (κ2) is 10.8. The molecule has 2 amide bonds. The Morgan fingerprint density at radius 2 is 1.62 bits per heavy atom. The molecule has 0 N–H and O–H groups in total. The number of thiazole rings is 1. The fraction of sp³-hybridized carbons (Fsp3) is 0.448. The van der Waals surface area contributed by atoms with Gasteiger partial charge in [-0.15, -0.1) is 21.5 Å². The molecule has 39 heavy (non-hydrogen) atoms. The van der Waals surface area contributed by atoms with E-state index in [-0.39, 0.29) is 17.7 Å². The molecule has 0 bridgehead atoms. The lowest BCUT2D eigenvalue weighted by Crippen LogP contribution is -2.39. The molecule has 0 spiro atoms. The summed E-state index contributed by atoms with van der Waals surface area (Å²) in [5.74, 6) is 0.803. The van der Waals surface area contributed by atoms with Gasteiger partial charge in [-0.3, -0.25) is 9.59 Å². The molecule has 0 saturated carbocycles. The molecule has 6 rings (SSSR count). The van der Waals surface area contributed by atoms with Crippen molar-refractivity contribution in [2.24, 2.45) is 5.92 Å². The van der Waals surface area contributed by atoms with E-state index in [2.05, 4.69) is 45.6 Å². The number of amides is 2. The number of aromatic nitrogens is 5. The maximum absolute atomic E-state index is 13.2. The fourth-order valence-corrected chi connectivity index (χ4v) is 6.74. The lowest BCUT2D eigenvalue weighted by atomic mass is 9.90. The van der Waals surface area contributed by atoms with Crippen LogP contribution >= 0.6 is 11.3 Å². The normalized spacial score (nSPS) is 17.2. The number of piperidine rings is 2. The highest BCUT2D eigenvalue weighted by Crippen LogP contribution is 2.32. The molecule has 0 unspecified atom stereocenters. The predicted molar refractivity (Wildman–Crippen MR) is 149 cm³/mol. The lowest BCUT2D eigenvalue weighted by molar-refractivity contribution is 0.0684. The van der Waals surface area contributed by atoms with Gasteiger partial charge in [0.05, 0.1) is 16.4 Å². The van der Waals surface area contributed by atoms with Gasteiger partial charge in [0.2, 0.25) is 0 Å². The number of aryl methyl sites for hydroxylation is 2. The highest BCUT2D eigenvalue weighted by atomic mass is 32.1. The number of carbonyl (C=O) groups excluding carboxylic acids is 2. The van der Waals surface area contributed by atoms with Crippen molar-refractivity contribution < 1.29 is 9.59 Å². The minimum Gasteiger partial charge on any atom is -0.337 e. The third kappa shape index (κ3) is 5.30. The summed E-state index contributed by atoms with van der Waals surface area (Å²) >= 11 is 1.57. The number of benzene rings is 1. The van der Waals surface area contributed by atoms with E-state index >= 15 is 0 Å². The molecule has 5 heterocycles. The van der Waals surface area contributed by atoms with Crippen molar-refractivity contribution in [1.29, 1.82) is 0 Å². The van der Waals surface area contributed by atoms with E-state index in [1.807, 2.05) is 35.1 Å². The van der Waals surface area contributed by atoms with Gasteiger partial charge in [-0.2, -0.15) is 5.10 Å². The van der Waals surface area contributed by atoms with Crippen LogP contribution in [0.4, 0.5) is 0 Å². The van der Waals surface area contributed by atoms with Crippen LogP contribution in [-0.4, -0.2) is 72.6 Å². The average molecular weight is 544 g/mol. The Bertz CT molecular complexity index is 1480. The number of rotatable bonds is 5. The zero-order valence-corrected chi connectivity index (χ0v) is 23.2. The Kier molecular flexibility index (Phi) is 7.12. The average Bonchev–Trinajstić information content (AvgIpc) is 3.61. The first-order chi connectivity index (χ1) is 19.0. The summed E-state index contributed by atoms with van der Waals surface area (Å²) < 4.78 is 1.68. The molecule has 9 nitrogen and oxygen atoms in total. The summed E-state index contributed by atoms with van der Waals surface area (Å²) in [5.41, 5.74) is 4.46. The fourth-order valence-electron chi connectivity index (χ4n) is 5.78. The maximum atomic E-state index is 13.2. The summed E-state index contributed by atoms with van der Waals surface area (Å²) in [5, 5.41) is 15.7. The molecule has 0 radical (unpaired) electrons. The van der Waals surface area contributed by atoms with Crippen LogP contribution in [0, 0.1) is 19.8 Å². The minimum absolute atomic E-state index is 0.0431. The number of carbonyl (C=O) groups is 2. The molecule has 2 fully saturated rings. The zero-order chi connectivity index (χ0) is 26.9. The van der Waals surface area contributed by atoms with Crippen molar-refractivity contribution in [3.63, 3.8) is 0 Å². The van der Waals surface area contributed by atoms with Gasteiger partial charge in [0.1, 0.15) is 5.69 Å². The van der Waals surface area contributed by atoms with Gasteiger partial charge < -0.3 is 9.80 Å². The Morgan fingerprint density at radius 3 is 2.36 bits per heavy atom. The topological polar surface area (TPSA) is 96.6 Å². The summed E-state index contributed by atoms with van der Waals surface area (Å²) in [6, 6.07) is 12.5. The predicted octanol–water partition coefficient (Wildman–Crippen LogP) is 4.31. The second-order valence-electron chi connectivity index (χ2n) is 10.8. The van der Waals surface area contributed by atoms with Crippen molar-refractivity contribution in [3.8, 4) is 0 Å². The van der Waals surface area contributed by atoms with E-state index in [1.165, 1.54) is 5.56 Å². The third-order valence-electron chi connectivity index (χ3n) is 8.07. The van der Waals surface area contributed by atoms with Gasteiger partial charge in [0.15, 0.2) is 11.3 Å². The molecular weight excluding hydrogens is 510 g/mol.